The molecule has 1 aliphatic rings. The number of hydrogen-bond acceptors (Lipinski definition) is 7. The predicted molar refractivity (Wildman–Crippen MR) is 134 cm³/mol. The molecule has 2 heterocycles. The van der Waals surface area contributed by atoms with E-state index in [1.54, 1.807) is 18.3 Å². The van der Waals surface area contributed by atoms with E-state index in [0.29, 0.717) is 28.8 Å². The van der Waals surface area contributed by atoms with Crippen molar-refractivity contribution in [2.45, 2.75) is 38.6 Å². The number of pyridine rings is 1. The number of aromatic nitrogens is 1. The highest BCUT2D eigenvalue weighted by molar-refractivity contribution is 6.30. The fourth-order valence-corrected chi connectivity index (χ4v) is 3.68. The van der Waals surface area contributed by atoms with E-state index in [4.69, 9.17) is 11.6 Å². The summed E-state index contributed by atoms with van der Waals surface area (Å²) in [6.45, 7) is 7.11. The molecule has 5 N–H and O–H groups in total. The van der Waals surface area contributed by atoms with Crippen molar-refractivity contribution < 1.29 is 19.5 Å². The molecule has 10 nitrogen and oxygen atoms in total. The number of aliphatic carboxylic acids is 1. The minimum atomic E-state index is -1.08. The van der Waals surface area contributed by atoms with Crippen molar-refractivity contribution in [3.05, 3.63) is 58.4 Å². The Balaban J connectivity index is 1.65. The molecule has 0 unspecified atom stereocenters. The van der Waals surface area contributed by atoms with Gasteiger partial charge < -0.3 is 26.4 Å². The second-order valence-electron chi connectivity index (χ2n) is 9.17. The van der Waals surface area contributed by atoms with Crippen molar-refractivity contribution >= 4 is 41.0 Å². The van der Waals surface area contributed by atoms with Gasteiger partial charge in [-0.3, -0.25) is 24.4 Å². The molecule has 1 atom stereocenters. The molecule has 11 heteroatoms. The summed E-state index contributed by atoms with van der Waals surface area (Å²) >= 11 is 6.27. The molecule has 3 rings (SSSR count). The van der Waals surface area contributed by atoms with Crippen LogP contribution < -0.4 is 21.3 Å². The van der Waals surface area contributed by atoms with Gasteiger partial charge in [0.1, 0.15) is 0 Å². The van der Waals surface area contributed by atoms with E-state index in [1.807, 2.05) is 32.9 Å². The predicted octanol–water partition coefficient (Wildman–Crippen LogP) is 2.47. The minimum absolute atomic E-state index is 0.219. The number of carboxylic acids is 1. The average Bonchev–Trinajstić information content (AvgIpc) is 3.29. The fourth-order valence-electron chi connectivity index (χ4n) is 3.43. The lowest BCUT2D eigenvalue weighted by atomic mass is 9.85. The van der Waals surface area contributed by atoms with E-state index in [1.165, 1.54) is 6.20 Å². The van der Waals surface area contributed by atoms with Gasteiger partial charge in [-0.15, -0.1) is 0 Å². The lowest BCUT2D eigenvalue weighted by Gasteiger charge is -2.23. The molecule has 0 fully saturated rings. The van der Waals surface area contributed by atoms with E-state index >= 15 is 0 Å². The maximum atomic E-state index is 12.6. The van der Waals surface area contributed by atoms with Crippen LogP contribution in [0, 0.1) is 0 Å². The molecule has 0 bridgehead atoms. The molecule has 0 saturated heterocycles. The Hall–Kier alpha value is -3.66. The number of rotatable bonds is 8. The van der Waals surface area contributed by atoms with Crippen LogP contribution in [0.4, 0.5) is 5.69 Å². The minimum Gasteiger partial charge on any atom is -0.481 e. The van der Waals surface area contributed by atoms with Gasteiger partial charge in [0.15, 0.2) is 5.96 Å². The number of halogens is 1. The summed E-state index contributed by atoms with van der Waals surface area (Å²) in [6, 6.07) is 6.07. The number of nitrogens with zero attached hydrogens (tertiary/aromatic N) is 2. The molecule has 0 spiro atoms. The van der Waals surface area contributed by atoms with Crippen LogP contribution in [0.5, 0.6) is 0 Å². The van der Waals surface area contributed by atoms with Crippen molar-refractivity contribution in [1.82, 2.24) is 20.9 Å². The van der Waals surface area contributed by atoms with E-state index < -0.39 is 23.8 Å². The Morgan fingerprint density at radius 3 is 2.60 bits per heavy atom. The van der Waals surface area contributed by atoms with Gasteiger partial charge in [0.2, 0.25) is 5.91 Å². The molecule has 0 aliphatic carbocycles. The maximum absolute atomic E-state index is 12.6. The van der Waals surface area contributed by atoms with Crippen molar-refractivity contribution in [2.75, 3.05) is 25.0 Å². The normalized spacial score (nSPS) is 13.9. The lowest BCUT2D eigenvalue weighted by molar-refractivity contribution is -0.137. The van der Waals surface area contributed by atoms with Gasteiger partial charge in [0.25, 0.3) is 5.91 Å². The van der Waals surface area contributed by atoms with E-state index in [2.05, 4.69) is 31.2 Å². The number of aliphatic imine (C=N–C) groups is 1. The Kier molecular flexibility index (Phi) is 8.29. The van der Waals surface area contributed by atoms with Gasteiger partial charge >= 0.3 is 5.97 Å². The number of benzene rings is 1. The maximum Gasteiger partial charge on any atom is 0.305 e. The zero-order valence-electron chi connectivity index (χ0n) is 19.8. The number of carbonyl (C=O) groups is 3. The van der Waals surface area contributed by atoms with Gasteiger partial charge in [-0.25, -0.2) is 0 Å². The van der Waals surface area contributed by atoms with Crippen LogP contribution in [-0.4, -0.2) is 53.5 Å². The molecule has 1 aromatic heterocycles. The topological polar surface area (TPSA) is 145 Å². The summed E-state index contributed by atoms with van der Waals surface area (Å²) in [6.07, 6.45) is 2.61. The van der Waals surface area contributed by atoms with Crippen LogP contribution in [-0.2, 0) is 15.0 Å². The summed E-state index contributed by atoms with van der Waals surface area (Å²) < 4.78 is 0. The Morgan fingerprint density at radius 2 is 1.94 bits per heavy atom. The SMILES string of the molecule is CC(C)(C)c1cc(Cl)cc([C@H](CC(=O)O)NC(=O)CNC(=O)c2cncc(NC3=NCCN3)c2)c1. The van der Waals surface area contributed by atoms with Gasteiger partial charge in [-0.2, -0.15) is 0 Å². The largest absolute Gasteiger partial charge is 0.481 e. The van der Waals surface area contributed by atoms with Gasteiger partial charge in [-0.05, 0) is 34.7 Å². The van der Waals surface area contributed by atoms with Crippen LogP contribution in [0.25, 0.3) is 0 Å². The van der Waals surface area contributed by atoms with Crippen LogP contribution in [0.15, 0.2) is 41.7 Å². The summed E-state index contributed by atoms with van der Waals surface area (Å²) in [5, 5.41) is 21.1. The number of carbonyl (C=O) groups excluding carboxylic acids is 2. The van der Waals surface area contributed by atoms with Crippen molar-refractivity contribution in [3.8, 4) is 0 Å². The number of guanidine groups is 1. The first-order valence-electron chi connectivity index (χ1n) is 11.1. The first kappa shape index (κ1) is 26.0. The smallest absolute Gasteiger partial charge is 0.305 e. The van der Waals surface area contributed by atoms with Gasteiger partial charge in [-0.1, -0.05) is 38.4 Å². The van der Waals surface area contributed by atoms with Crippen LogP contribution in [0.1, 0.15) is 54.7 Å². The summed E-state index contributed by atoms with van der Waals surface area (Å²) in [4.78, 5) is 44.9. The molecule has 35 heavy (non-hydrogen) atoms. The zero-order valence-corrected chi connectivity index (χ0v) is 20.6. The monoisotopic (exact) mass is 500 g/mol. The molecule has 0 saturated carbocycles. The molecular formula is C24H29ClN6O4. The van der Waals surface area contributed by atoms with Crippen molar-refractivity contribution in [3.63, 3.8) is 0 Å². The zero-order chi connectivity index (χ0) is 25.6. The molecule has 2 aromatic rings. The highest BCUT2D eigenvalue weighted by Crippen LogP contribution is 2.30. The van der Waals surface area contributed by atoms with E-state index in [9.17, 15) is 19.5 Å². The average molecular weight is 501 g/mol. The second-order valence-corrected chi connectivity index (χ2v) is 9.60. The Morgan fingerprint density at radius 1 is 1.17 bits per heavy atom. The first-order valence-corrected chi connectivity index (χ1v) is 11.5. The molecule has 0 radical (unpaired) electrons. The number of amides is 2. The fraction of sp³-hybridized carbons (Fsp3) is 0.375. The summed E-state index contributed by atoms with van der Waals surface area (Å²) in [7, 11) is 0. The van der Waals surface area contributed by atoms with Gasteiger partial charge in [0, 0.05) is 17.8 Å². The van der Waals surface area contributed by atoms with Crippen LogP contribution in [0.2, 0.25) is 5.02 Å². The van der Waals surface area contributed by atoms with Crippen molar-refractivity contribution in [1.29, 1.82) is 0 Å². The summed E-state index contributed by atoms with van der Waals surface area (Å²) in [5.74, 6) is -1.50. The quantitative estimate of drug-likeness (QED) is 0.374. The van der Waals surface area contributed by atoms with E-state index in [0.717, 1.165) is 12.1 Å². The molecule has 186 valence electrons. The van der Waals surface area contributed by atoms with Gasteiger partial charge in [0.05, 0.1) is 43.0 Å². The lowest BCUT2D eigenvalue weighted by Crippen LogP contribution is -2.39. The number of nitrogens with one attached hydrogen (secondary N) is 4. The first-order chi connectivity index (χ1) is 16.5. The highest BCUT2D eigenvalue weighted by Gasteiger charge is 2.22. The Bertz CT molecular complexity index is 1150. The molecular weight excluding hydrogens is 472 g/mol. The van der Waals surface area contributed by atoms with Crippen LogP contribution >= 0.6 is 11.6 Å². The van der Waals surface area contributed by atoms with E-state index in [-0.39, 0.29) is 23.9 Å². The third-order valence-electron chi connectivity index (χ3n) is 5.25. The number of anilines is 1. The highest BCUT2D eigenvalue weighted by atomic mass is 35.5. The summed E-state index contributed by atoms with van der Waals surface area (Å²) in [5.41, 5.74) is 2.11. The number of hydrogen-bond donors (Lipinski definition) is 5. The molecule has 1 aliphatic heterocycles. The third-order valence-corrected chi connectivity index (χ3v) is 5.47. The number of carboxylic acid groups (broad SMARTS) is 1. The Labute approximate surface area is 208 Å². The second kappa shape index (κ2) is 11.2. The molecule has 1 aromatic carbocycles. The molecule has 2 amide bonds. The van der Waals surface area contributed by atoms with Crippen molar-refractivity contribution in [2.24, 2.45) is 4.99 Å². The van der Waals surface area contributed by atoms with Crippen LogP contribution in [0.3, 0.4) is 0 Å². The standard InChI is InChI=1S/C24H29ClN6O4/c1-24(2,3)16-6-14(7-17(25)9-16)19(10-21(33)34)31-20(32)13-29-22(35)15-8-18(12-26-11-15)30-23-27-4-5-28-23/h6-9,11-12,19H,4-5,10,13H2,1-3H3,(H,29,35)(H,31,32)(H,33,34)(H2,27,28,30)/t19-/m0/s1. The third kappa shape index (κ3) is 7.68.